The van der Waals surface area contributed by atoms with Crippen LogP contribution in [0.15, 0.2) is 0 Å². The summed E-state index contributed by atoms with van der Waals surface area (Å²) in [5.41, 5.74) is -0.430. The van der Waals surface area contributed by atoms with Gasteiger partial charge in [0.1, 0.15) is 5.78 Å². The first-order valence-electron chi connectivity index (χ1n) is 4.90. The van der Waals surface area contributed by atoms with Crippen molar-refractivity contribution in [1.29, 1.82) is 0 Å². The lowest BCUT2D eigenvalue weighted by atomic mass is 9.93. The van der Waals surface area contributed by atoms with Crippen molar-refractivity contribution in [2.45, 2.75) is 32.6 Å². The highest BCUT2D eigenvalue weighted by Crippen LogP contribution is 2.68. The van der Waals surface area contributed by atoms with Gasteiger partial charge < -0.3 is 5.11 Å². The smallest absolute Gasteiger partial charge is 0.307 e. The number of ketones is 1. The lowest BCUT2D eigenvalue weighted by molar-refractivity contribution is -0.142. The van der Waals surface area contributed by atoms with Gasteiger partial charge in [-0.3, -0.25) is 9.59 Å². The van der Waals surface area contributed by atoms with E-state index >= 15 is 0 Å². The molecule has 3 atom stereocenters. The van der Waals surface area contributed by atoms with E-state index in [9.17, 15) is 9.59 Å². The summed E-state index contributed by atoms with van der Waals surface area (Å²) in [6, 6.07) is 0. The molecule has 0 unspecified atom stereocenters. The van der Waals surface area contributed by atoms with Crippen LogP contribution in [0.4, 0.5) is 0 Å². The third-order valence-corrected chi connectivity index (χ3v) is 3.64. The normalized spacial score (nSPS) is 41.8. The highest BCUT2D eigenvalue weighted by Gasteiger charge is 2.73. The first-order valence-corrected chi connectivity index (χ1v) is 4.90. The minimum atomic E-state index is -0.772. The Morgan fingerprint density at radius 1 is 1.69 bits per heavy atom. The van der Waals surface area contributed by atoms with Gasteiger partial charge in [-0.05, 0) is 18.8 Å². The average Bonchev–Trinajstić information content (AvgIpc) is 2.61. The largest absolute Gasteiger partial charge is 0.481 e. The minimum Gasteiger partial charge on any atom is -0.481 e. The highest BCUT2D eigenvalue weighted by molar-refractivity contribution is 5.98. The molecule has 0 saturated heterocycles. The van der Waals surface area contributed by atoms with Crippen LogP contribution in [0.2, 0.25) is 0 Å². The van der Waals surface area contributed by atoms with E-state index in [-0.39, 0.29) is 17.6 Å². The first-order chi connectivity index (χ1) is 6.14. The molecule has 1 N–H and O–H groups in total. The van der Waals surface area contributed by atoms with Crippen molar-refractivity contribution in [3.8, 4) is 0 Å². The summed E-state index contributed by atoms with van der Waals surface area (Å²) in [5.74, 6) is -0.760. The maximum atomic E-state index is 11.6. The zero-order valence-electron chi connectivity index (χ0n) is 7.75. The molecule has 2 saturated carbocycles. The average molecular weight is 182 g/mol. The molecule has 0 aliphatic heterocycles. The Morgan fingerprint density at radius 3 is 2.85 bits per heavy atom. The standard InChI is InChI=1S/C10H14O3/c1-2-5-10-6(3-4-7(10)11)8(10)9(12)13/h6,8H,2-5H2,1H3,(H,12,13)/t6-,8-,10-/m0/s1. The van der Waals surface area contributed by atoms with Gasteiger partial charge in [-0.15, -0.1) is 0 Å². The number of hydrogen-bond acceptors (Lipinski definition) is 2. The van der Waals surface area contributed by atoms with Crippen LogP contribution in [-0.2, 0) is 9.59 Å². The van der Waals surface area contributed by atoms with Gasteiger partial charge in [0.05, 0.1) is 5.92 Å². The van der Waals surface area contributed by atoms with Gasteiger partial charge in [0.15, 0.2) is 0 Å². The van der Waals surface area contributed by atoms with Crippen molar-refractivity contribution in [1.82, 2.24) is 0 Å². The van der Waals surface area contributed by atoms with Crippen molar-refractivity contribution in [3.63, 3.8) is 0 Å². The molecule has 2 rings (SSSR count). The Labute approximate surface area is 77.1 Å². The fourth-order valence-corrected chi connectivity index (χ4v) is 3.13. The minimum absolute atomic E-state index is 0.164. The lowest BCUT2D eigenvalue weighted by Crippen LogP contribution is -2.19. The second-order valence-corrected chi connectivity index (χ2v) is 4.17. The van der Waals surface area contributed by atoms with Crippen LogP contribution in [0, 0.1) is 17.3 Å². The Balaban J connectivity index is 2.22. The second-order valence-electron chi connectivity index (χ2n) is 4.17. The molecular weight excluding hydrogens is 168 g/mol. The molecule has 0 spiro atoms. The molecule has 0 radical (unpaired) electrons. The zero-order valence-corrected chi connectivity index (χ0v) is 7.75. The van der Waals surface area contributed by atoms with Crippen molar-refractivity contribution in [3.05, 3.63) is 0 Å². The fourth-order valence-electron chi connectivity index (χ4n) is 3.13. The van der Waals surface area contributed by atoms with E-state index < -0.39 is 11.4 Å². The number of rotatable bonds is 3. The third kappa shape index (κ3) is 0.901. The molecule has 2 aliphatic rings. The van der Waals surface area contributed by atoms with Crippen LogP contribution in [0.5, 0.6) is 0 Å². The van der Waals surface area contributed by atoms with Crippen molar-refractivity contribution in [2.75, 3.05) is 0 Å². The summed E-state index contributed by atoms with van der Waals surface area (Å²) in [6.45, 7) is 2.01. The van der Waals surface area contributed by atoms with Crippen LogP contribution in [0.3, 0.4) is 0 Å². The number of carboxylic acid groups (broad SMARTS) is 1. The molecule has 0 aromatic carbocycles. The van der Waals surface area contributed by atoms with Crippen LogP contribution in [-0.4, -0.2) is 16.9 Å². The number of carboxylic acids is 1. The molecule has 0 aromatic heterocycles. The lowest BCUT2D eigenvalue weighted by Gasteiger charge is -2.09. The second kappa shape index (κ2) is 2.56. The van der Waals surface area contributed by atoms with E-state index in [0.29, 0.717) is 6.42 Å². The summed E-state index contributed by atoms with van der Waals surface area (Å²) < 4.78 is 0. The summed E-state index contributed by atoms with van der Waals surface area (Å²) in [6.07, 6.45) is 3.09. The number of hydrogen-bond donors (Lipinski definition) is 1. The van der Waals surface area contributed by atoms with Crippen molar-refractivity contribution in [2.24, 2.45) is 17.3 Å². The van der Waals surface area contributed by atoms with Crippen LogP contribution in [0.1, 0.15) is 32.6 Å². The van der Waals surface area contributed by atoms with Crippen LogP contribution in [0.25, 0.3) is 0 Å². The monoisotopic (exact) mass is 182 g/mol. The van der Waals surface area contributed by atoms with Gasteiger partial charge in [-0.25, -0.2) is 0 Å². The molecule has 0 heterocycles. The summed E-state index contributed by atoms with van der Waals surface area (Å²) in [4.78, 5) is 22.4. The maximum absolute atomic E-state index is 11.6. The Morgan fingerprint density at radius 2 is 2.38 bits per heavy atom. The van der Waals surface area contributed by atoms with Gasteiger partial charge in [-0.1, -0.05) is 13.3 Å². The van der Waals surface area contributed by atoms with Gasteiger partial charge in [0.25, 0.3) is 0 Å². The number of fused-ring (bicyclic) bond motifs is 1. The number of carbonyl (C=O) groups excluding carboxylic acids is 1. The van der Waals surface area contributed by atoms with Crippen LogP contribution >= 0.6 is 0 Å². The summed E-state index contributed by atoms with van der Waals surface area (Å²) in [5, 5.41) is 8.92. The number of Topliss-reactive ketones (excluding diaryl/α,β-unsaturated/α-hetero) is 1. The third-order valence-electron chi connectivity index (χ3n) is 3.64. The molecule has 3 nitrogen and oxygen atoms in total. The fraction of sp³-hybridized carbons (Fsp3) is 0.800. The predicted octanol–water partition coefficient (Wildman–Crippen LogP) is 1.47. The molecule has 72 valence electrons. The molecule has 2 fully saturated rings. The molecule has 3 heteroatoms. The molecule has 13 heavy (non-hydrogen) atoms. The van der Waals surface area contributed by atoms with E-state index in [4.69, 9.17) is 5.11 Å². The van der Waals surface area contributed by atoms with E-state index in [2.05, 4.69) is 0 Å². The Hall–Kier alpha value is -0.860. The first kappa shape index (κ1) is 8.73. The molecule has 0 aromatic rings. The van der Waals surface area contributed by atoms with E-state index in [0.717, 1.165) is 19.3 Å². The Bertz CT molecular complexity index is 271. The summed E-state index contributed by atoms with van der Waals surface area (Å²) in [7, 11) is 0. The predicted molar refractivity (Wildman–Crippen MR) is 46.2 cm³/mol. The van der Waals surface area contributed by atoms with Crippen LogP contribution < -0.4 is 0 Å². The number of carbonyl (C=O) groups is 2. The van der Waals surface area contributed by atoms with Crippen molar-refractivity contribution < 1.29 is 14.7 Å². The highest BCUT2D eigenvalue weighted by atomic mass is 16.4. The van der Waals surface area contributed by atoms with E-state index in [1.165, 1.54) is 0 Å². The van der Waals surface area contributed by atoms with Crippen molar-refractivity contribution >= 4 is 11.8 Å². The van der Waals surface area contributed by atoms with Gasteiger partial charge in [0.2, 0.25) is 0 Å². The SMILES string of the molecule is CCC[C@@]12C(=O)CC[C@H]1[C@H]2C(=O)O. The molecule has 2 aliphatic carbocycles. The molecule has 0 bridgehead atoms. The van der Waals surface area contributed by atoms with Gasteiger partial charge in [-0.2, -0.15) is 0 Å². The summed E-state index contributed by atoms with van der Waals surface area (Å²) >= 11 is 0. The zero-order chi connectivity index (χ0) is 9.64. The van der Waals surface area contributed by atoms with E-state index in [1.807, 2.05) is 6.92 Å². The van der Waals surface area contributed by atoms with Gasteiger partial charge in [0, 0.05) is 11.8 Å². The topological polar surface area (TPSA) is 54.4 Å². The van der Waals surface area contributed by atoms with E-state index in [1.54, 1.807) is 0 Å². The quantitative estimate of drug-likeness (QED) is 0.719. The van der Waals surface area contributed by atoms with Gasteiger partial charge >= 0.3 is 5.97 Å². The number of aliphatic carboxylic acids is 1. The molecule has 0 amide bonds. The molecular formula is C10H14O3. The maximum Gasteiger partial charge on any atom is 0.307 e. The Kier molecular flexibility index (Phi) is 1.72.